The van der Waals surface area contributed by atoms with Gasteiger partial charge in [-0.25, -0.2) is 4.99 Å². The molecule has 0 fully saturated rings. The fourth-order valence-electron chi connectivity index (χ4n) is 1.90. The first-order chi connectivity index (χ1) is 8.84. The predicted molar refractivity (Wildman–Crippen MR) is 72.9 cm³/mol. The van der Waals surface area contributed by atoms with Gasteiger partial charge in [-0.2, -0.15) is 0 Å². The van der Waals surface area contributed by atoms with Gasteiger partial charge in [0.25, 0.3) is 0 Å². The second-order valence-corrected chi connectivity index (χ2v) is 3.96. The fourth-order valence-corrected chi connectivity index (χ4v) is 1.90. The van der Waals surface area contributed by atoms with E-state index in [-0.39, 0.29) is 0 Å². The van der Waals surface area contributed by atoms with Crippen molar-refractivity contribution >= 4 is 22.4 Å². The van der Waals surface area contributed by atoms with Crippen LogP contribution in [0, 0.1) is 0 Å². The van der Waals surface area contributed by atoms with Crippen molar-refractivity contribution in [1.82, 2.24) is 9.97 Å². The van der Waals surface area contributed by atoms with Crippen LogP contribution in [-0.2, 0) is 0 Å². The van der Waals surface area contributed by atoms with Crippen molar-refractivity contribution in [2.45, 2.75) is 0 Å². The highest BCUT2D eigenvalue weighted by atomic mass is 14.9. The Bertz CT molecular complexity index is 698. The van der Waals surface area contributed by atoms with Crippen molar-refractivity contribution in [3.05, 3.63) is 60.6 Å². The minimum Gasteiger partial charge on any atom is -0.383 e. The van der Waals surface area contributed by atoms with Gasteiger partial charge in [0.15, 0.2) is 0 Å². The van der Waals surface area contributed by atoms with E-state index in [1.807, 2.05) is 42.6 Å². The molecule has 3 rings (SSSR count). The second-order valence-electron chi connectivity index (χ2n) is 3.96. The monoisotopic (exact) mass is 236 g/mol. The zero-order valence-corrected chi connectivity index (χ0v) is 9.67. The van der Waals surface area contributed by atoms with Crippen LogP contribution in [0.2, 0.25) is 0 Å². The maximum Gasteiger partial charge on any atom is 0.133 e. The summed E-state index contributed by atoms with van der Waals surface area (Å²) in [5, 5.41) is 1.07. The van der Waals surface area contributed by atoms with Crippen LogP contribution in [-0.4, -0.2) is 15.8 Å². The summed E-state index contributed by atoms with van der Waals surface area (Å²) < 4.78 is 0. The molecule has 4 heteroatoms. The summed E-state index contributed by atoms with van der Waals surface area (Å²) in [5.41, 5.74) is 8.75. The average Bonchev–Trinajstić information content (AvgIpc) is 2.84. The number of nitrogens with one attached hydrogen (secondary N) is 1. The summed E-state index contributed by atoms with van der Waals surface area (Å²) in [5.74, 6) is 0.487. The Balaban J connectivity index is 2.07. The number of amidine groups is 1. The molecule has 0 saturated heterocycles. The largest absolute Gasteiger partial charge is 0.383 e. The molecule has 0 aliphatic carbocycles. The number of hydrogen-bond acceptors (Lipinski definition) is 2. The van der Waals surface area contributed by atoms with Crippen LogP contribution in [0.4, 0.5) is 5.69 Å². The molecular formula is C14H12N4. The van der Waals surface area contributed by atoms with Gasteiger partial charge in [-0.3, -0.25) is 4.98 Å². The summed E-state index contributed by atoms with van der Waals surface area (Å²) in [6, 6.07) is 11.7. The lowest BCUT2D eigenvalue weighted by Crippen LogP contribution is -2.12. The summed E-state index contributed by atoms with van der Waals surface area (Å²) in [6.45, 7) is 0. The number of nitrogens with two attached hydrogens (primary N) is 1. The molecule has 18 heavy (non-hydrogen) atoms. The van der Waals surface area contributed by atoms with E-state index in [4.69, 9.17) is 5.73 Å². The number of aliphatic imine (C=N–C) groups is 1. The van der Waals surface area contributed by atoms with Gasteiger partial charge in [-0.05, 0) is 18.2 Å². The summed E-state index contributed by atoms with van der Waals surface area (Å²) in [6.07, 6.45) is 5.27. The minimum absolute atomic E-state index is 0.487. The zero-order valence-electron chi connectivity index (χ0n) is 9.67. The van der Waals surface area contributed by atoms with Crippen LogP contribution < -0.4 is 5.73 Å². The van der Waals surface area contributed by atoms with Crippen LogP contribution in [0.3, 0.4) is 0 Å². The molecule has 3 aromatic rings. The van der Waals surface area contributed by atoms with Crippen molar-refractivity contribution in [3.63, 3.8) is 0 Å². The molecule has 3 N–H and O–H groups in total. The van der Waals surface area contributed by atoms with E-state index < -0.39 is 0 Å². The van der Waals surface area contributed by atoms with Crippen molar-refractivity contribution < 1.29 is 0 Å². The Morgan fingerprint density at radius 1 is 1.17 bits per heavy atom. The number of pyridine rings is 1. The van der Waals surface area contributed by atoms with Crippen LogP contribution in [0.25, 0.3) is 10.9 Å². The smallest absolute Gasteiger partial charge is 0.133 e. The Labute approximate surface area is 104 Å². The lowest BCUT2D eigenvalue weighted by atomic mass is 10.1. The highest BCUT2D eigenvalue weighted by Gasteiger charge is 2.06. The molecule has 0 aliphatic heterocycles. The van der Waals surface area contributed by atoms with E-state index in [1.165, 1.54) is 0 Å². The lowest BCUT2D eigenvalue weighted by molar-refractivity contribution is 1.30. The zero-order chi connectivity index (χ0) is 12.4. The molecule has 2 heterocycles. The van der Waals surface area contributed by atoms with Crippen molar-refractivity contribution in [2.75, 3.05) is 0 Å². The highest BCUT2D eigenvalue weighted by Crippen LogP contribution is 2.18. The predicted octanol–water partition coefficient (Wildman–Crippen LogP) is 2.60. The topological polar surface area (TPSA) is 67.1 Å². The lowest BCUT2D eigenvalue weighted by Gasteiger charge is -1.99. The van der Waals surface area contributed by atoms with Crippen molar-refractivity contribution in [3.8, 4) is 0 Å². The summed E-state index contributed by atoms with van der Waals surface area (Å²) in [7, 11) is 0. The quantitative estimate of drug-likeness (QED) is 0.530. The van der Waals surface area contributed by atoms with Gasteiger partial charge < -0.3 is 10.7 Å². The van der Waals surface area contributed by atoms with Gasteiger partial charge >= 0.3 is 0 Å². The molecule has 0 saturated carbocycles. The Morgan fingerprint density at radius 2 is 2.06 bits per heavy atom. The fraction of sp³-hybridized carbons (Fsp3) is 0. The Hall–Kier alpha value is -2.62. The first-order valence-corrected chi connectivity index (χ1v) is 5.65. The number of para-hydroxylation sites is 1. The molecule has 4 nitrogen and oxygen atoms in total. The maximum absolute atomic E-state index is 6.04. The Morgan fingerprint density at radius 3 is 2.89 bits per heavy atom. The van der Waals surface area contributed by atoms with Gasteiger partial charge in [-0.1, -0.05) is 18.2 Å². The number of fused-ring (bicyclic) bond motifs is 1. The third-order valence-corrected chi connectivity index (χ3v) is 2.76. The van der Waals surface area contributed by atoms with Gasteiger partial charge in [0.1, 0.15) is 5.84 Å². The van der Waals surface area contributed by atoms with Gasteiger partial charge in [0, 0.05) is 28.9 Å². The standard InChI is InChI=1S/C14H12N4/c15-14(18-10-4-3-7-16-8-10)12-9-17-13-6-2-1-5-11(12)13/h1-9,17H,(H2,15,18). The van der Waals surface area contributed by atoms with Gasteiger partial charge in [0.05, 0.1) is 11.9 Å². The highest BCUT2D eigenvalue weighted by molar-refractivity contribution is 6.09. The van der Waals surface area contributed by atoms with E-state index in [1.54, 1.807) is 12.4 Å². The normalized spacial score (nSPS) is 11.9. The molecule has 0 bridgehead atoms. The Kier molecular flexibility index (Phi) is 2.53. The molecule has 0 unspecified atom stereocenters. The molecular weight excluding hydrogens is 224 g/mol. The molecule has 0 radical (unpaired) electrons. The maximum atomic E-state index is 6.04. The van der Waals surface area contributed by atoms with E-state index in [0.717, 1.165) is 22.2 Å². The summed E-state index contributed by atoms with van der Waals surface area (Å²) in [4.78, 5) is 11.6. The first kappa shape index (κ1) is 10.5. The molecule has 0 aliphatic rings. The number of benzene rings is 1. The minimum atomic E-state index is 0.487. The van der Waals surface area contributed by atoms with Crippen molar-refractivity contribution in [1.29, 1.82) is 0 Å². The SMILES string of the molecule is NC(=Nc1cccnc1)c1c[nH]c2ccccc12. The average molecular weight is 236 g/mol. The first-order valence-electron chi connectivity index (χ1n) is 5.65. The van der Waals surface area contributed by atoms with Crippen LogP contribution >= 0.6 is 0 Å². The molecule has 1 aromatic carbocycles. The van der Waals surface area contributed by atoms with Gasteiger partial charge in [0.2, 0.25) is 0 Å². The number of aromatic nitrogens is 2. The van der Waals surface area contributed by atoms with E-state index in [0.29, 0.717) is 5.84 Å². The second kappa shape index (κ2) is 4.33. The molecule has 0 atom stereocenters. The molecule has 0 amide bonds. The molecule has 88 valence electrons. The number of H-pyrrole nitrogens is 1. The van der Waals surface area contributed by atoms with E-state index in [2.05, 4.69) is 15.0 Å². The number of hydrogen-bond donors (Lipinski definition) is 2. The van der Waals surface area contributed by atoms with Crippen LogP contribution in [0.5, 0.6) is 0 Å². The van der Waals surface area contributed by atoms with E-state index in [9.17, 15) is 0 Å². The third-order valence-electron chi connectivity index (χ3n) is 2.76. The molecule has 0 spiro atoms. The number of rotatable bonds is 2. The molecule has 2 aromatic heterocycles. The van der Waals surface area contributed by atoms with Crippen molar-refractivity contribution in [2.24, 2.45) is 10.7 Å². The summed E-state index contributed by atoms with van der Waals surface area (Å²) >= 11 is 0. The van der Waals surface area contributed by atoms with Crippen LogP contribution in [0.15, 0.2) is 60.0 Å². The van der Waals surface area contributed by atoms with E-state index >= 15 is 0 Å². The van der Waals surface area contributed by atoms with Gasteiger partial charge in [-0.15, -0.1) is 0 Å². The van der Waals surface area contributed by atoms with Crippen LogP contribution in [0.1, 0.15) is 5.56 Å². The number of nitrogens with zero attached hydrogens (tertiary/aromatic N) is 2. The third kappa shape index (κ3) is 1.84. The number of aromatic amines is 1.